The van der Waals surface area contributed by atoms with Gasteiger partial charge in [0.15, 0.2) is 0 Å². The highest BCUT2D eigenvalue weighted by molar-refractivity contribution is 6.33. The zero-order valence-electron chi connectivity index (χ0n) is 12.7. The topological polar surface area (TPSA) is 24.5 Å². The summed E-state index contributed by atoms with van der Waals surface area (Å²) in [5.74, 6) is 0.870. The maximum atomic E-state index is 6.38. The van der Waals surface area contributed by atoms with Crippen molar-refractivity contribution in [3.63, 3.8) is 0 Å². The van der Waals surface area contributed by atoms with Crippen LogP contribution in [0.4, 0.5) is 5.69 Å². The minimum Gasteiger partial charge on any atom is -0.497 e. The first-order valence-electron chi connectivity index (χ1n) is 6.91. The molecule has 2 aromatic carbocycles. The fraction of sp³-hybridized carbons (Fsp3) is 0.294. The molecule has 0 bridgehead atoms. The molecule has 0 aliphatic carbocycles. The Kier molecular flexibility index (Phi) is 5.48. The van der Waals surface area contributed by atoms with E-state index in [1.54, 1.807) is 7.11 Å². The fourth-order valence-electron chi connectivity index (χ4n) is 2.40. The van der Waals surface area contributed by atoms with Crippen LogP contribution in [0.15, 0.2) is 42.5 Å². The number of benzene rings is 2. The molecule has 1 N–H and O–H groups in total. The van der Waals surface area contributed by atoms with Crippen molar-refractivity contribution in [2.75, 3.05) is 26.1 Å². The van der Waals surface area contributed by atoms with Gasteiger partial charge in [0.2, 0.25) is 0 Å². The van der Waals surface area contributed by atoms with Gasteiger partial charge in [0.25, 0.3) is 0 Å². The summed E-state index contributed by atoms with van der Waals surface area (Å²) in [4.78, 5) is 2.18. The van der Waals surface area contributed by atoms with Crippen LogP contribution >= 0.6 is 11.6 Å². The normalized spacial score (nSPS) is 10.5. The Morgan fingerprint density at radius 1 is 1.14 bits per heavy atom. The summed E-state index contributed by atoms with van der Waals surface area (Å²) in [5, 5.41) is 3.96. The lowest BCUT2D eigenvalue weighted by Gasteiger charge is -2.24. The van der Waals surface area contributed by atoms with E-state index in [2.05, 4.69) is 35.5 Å². The molecule has 0 saturated carbocycles. The van der Waals surface area contributed by atoms with Crippen LogP contribution in [0.2, 0.25) is 5.02 Å². The Balaban J connectivity index is 2.20. The first-order chi connectivity index (χ1) is 10.2. The van der Waals surface area contributed by atoms with Crippen LogP contribution < -0.4 is 15.0 Å². The van der Waals surface area contributed by atoms with Crippen LogP contribution in [0.3, 0.4) is 0 Å². The molecular weight excluding hydrogens is 284 g/mol. The predicted octanol–water partition coefficient (Wildman–Crippen LogP) is 3.70. The van der Waals surface area contributed by atoms with Gasteiger partial charge in [0, 0.05) is 20.1 Å². The van der Waals surface area contributed by atoms with Gasteiger partial charge in [-0.15, -0.1) is 0 Å². The third-order valence-corrected chi connectivity index (χ3v) is 3.70. The van der Waals surface area contributed by atoms with E-state index in [1.165, 1.54) is 11.1 Å². The Bertz CT molecular complexity index is 584. The SMILES string of the molecule is CNCc1cccc(Cl)c1N(C)Cc1ccc(OC)cc1. The van der Waals surface area contributed by atoms with Crippen LogP contribution in [0.1, 0.15) is 11.1 Å². The number of para-hydroxylation sites is 1. The highest BCUT2D eigenvalue weighted by Gasteiger charge is 2.11. The van der Waals surface area contributed by atoms with Gasteiger partial charge in [-0.25, -0.2) is 0 Å². The van der Waals surface area contributed by atoms with Crippen molar-refractivity contribution < 1.29 is 4.74 Å². The monoisotopic (exact) mass is 304 g/mol. The second kappa shape index (κ2) is 7.34. The minimum atomic E-state index is 0.777. The lowest BCUT2D eigenvalue weighted by molar-refractivity contribution is 0.414. The van der Waals surface area contributed by atoms with Gasteiger partial charge >= 0.3 is 0 Å². The molecule has 3 nitrogen and oxygen atoms in total. The molecule has 0 radical (unpaired) electrons. The highest BCUT2D eigenvalue weighted by atomic mass is 35.5. The first kappa shape index (κ1) is 15.7. The zero-order valence-corrected chi connectivity index (χ0v) is 13.4. The molecular formula is C17H21ClN2O. The van der Waals surface area contributed by atoms with Gasteiger partial charge in [0.1, 0.15) is 5.75 Å². The van der Waals surface area contributed by atoms with Crippen molar-refractivity contribution in [2.24, 2.45) is 0 Å². The van der Waals surface area contributed by atoms with E-state index in [-0.39, 0.29) is 0 Å². The van der Waals surface area contributed by atoms with E-state index in [0.29, 0.717) is 0 Å². The molecule has 2 rings (SSSR count). The standard InChI is InChI=1S/C17H21ClN2O/c1-19-11-14-5-4-6-16(18)17(14)20(2)12-13-7-9-15(21-3)10-8-13/h4-10,19H,11-12H2,1-3H3. The van der Waals surface area contributed by atoms with E-state index in [0.717, 1.165) is 29.5 Å². The second-order valence-electron chi connectivity index (χ2n) is 4.98. The maximum Gasteiger partial charge on any atom is 0.118 e. The number of hydrogen-bond acceptors (Lipinski definition) is 3. The van der Waals surface area contributed by atoms with E-state index in [9.17, 15) is 0 Å². The lowest BCUT2D eigenvalue weighted by Crippen LogP contribution is -2.20. The number of hydrogen-bond donors (Lipinski definition) is 1. The molecule has 112 valence electrons. The average molecular weight is 305 g/mol. The van der Waals surface area contributed by atoms with Gasteiger partial charge in [-0.1, -0.05) is 35.9 Å². The predicted molar refractivity (Wildman–Crippen MR) is 89.3 cm³/mol. The average Bonchev–Trinajstić information content (AvgIpc) is 2.48. The second-order valence-corrected chi connectivity index (χ2v) is 5.39. The molecule has 0 aromatic heterocycles. The molecule has 2 aromatic rings. The maximum absolute atomic E-state index is 6.38. The molecule has 0 heterocycles. The molecule has 0 unspecified atom stereocenters. The Hall–Kier alpha value is -1.71. The van der Waals surface area contributed by atoms with Crippen LogP contribution in [-0.2, 0) is 13.1 Å². The molecule has 0 spiro atoms. The largest absolute Gasteiger partial charge is 0.497 e. The minimum absolute atomic E-state index is 0.777. The van der Waals surface area contributed by atoms with Crippen molar-refractivity contribution in [3.8, 4) is 5.75 Å². The summed E-state index contributed by atoms with van der Waals surface area (Å²) in [6.45, 7) is 1.59. The Morgan fingerprint density at radius 3 is 2.48 bits per heavy atom. The number of ether oxygens (including phenoxy) is 1. The van der Waals surface area contributed by atoms with Gasteiger partial charge in [-0.3, -0.25) is 0 Å². The van der Waals surface area contributed by atoms with Gasteiger partial charge in [0.05, 0.1) is 17.8 Å². The van der Waals surface area contributed by atoms with E-state index in [1.807, 2.05) is 31.3 Å². The molecule has 0 atom stereocenters. The van der Waals surface area contributed by atoms with Crippen molar-refractivity contribution in [3.05, 3.63) is 58.6 Å². The van der Waals surface area contributed by atoms with E-state index in [4.69, 9.17) is 16.3 Å². The summed E-state index contributed by atoms with van der Waals surface area (Å²) in [6, 6.07) is 14.1. The number of nitrogens with one attached hydrogen (secondary N) is 1. The first-order valence-corrected chi connectivity index (χ1v) is 7.29. The van der Waals surface area contributed by atoms with Crippen molar-refractivity contribution in [1.82, 2.24) is 5.32 Å². The number of rotatable bonds is 6. The number of nitrogens with zero attached hydrogens (tertiary/aromatic N) is 1. The van der Waals surface area contributed by atoms with Crippen molar-refractivity contribution in [2.45, 2.75) is 13.1 Å². The van der Waals surface area contributed by atoms with Crippen molar-refractivity contribution in [1.29, 1.82) is 0 Å². The van der Waals surface area contributed by atoms with Gasteiger partial charge in [-0.2, -0.15) is 0 Å². The third kappa shape index (κ3) is 3.90. The molecule has 4 heteroatoms. The molecule has 0 aliphatic heterocycles. The summed E-state index contributed by atoms with van der Waals surface area (Å²) < 4.78 is 5.19. The van der Waals surface area contributed by atoms with Gasteiger partial charge in [-0.05, 0) is 36.4 Å². The lowest BCUT2D eigenvalue weighted by atomic mass is 10.1. The molecule has 0 fully saturated rings. The smallest absolute Gasteiger partial charge is 0.118 e. The zero-order chi connectivity index (χ0) is 15.2. The van der Waals surface area contributed by atoms with E-state index < -0.39 is 0 Å². The Labute approximate surface area is 131 Å². The highest BCUT2D eigenvalue weighted by Crippen LogP contribution is 2.30. The van der Waals surface area contributed by atoms with Crippen LogP contribution in [0, 0.1) is 0 Å². The fourth-order valence-corrected chi connectivity index (χ4v) is 2.74. The molecule has 0 saturated heterocycles. The summed E-state index contributed by atoms with van der Waals surface area (Å²) in [6.07, 6.45) is 0. The quantitative estimate of drug-likeness (QED) is 0.880. The molecule has 21 heavy (non-hydrogen) atoms. The third-order valence-electron chi connectivity index (χ3n) is 3.40. The van der Waals surface area contributed by atoms with Crippen LogP contribution in [-0.4, -0.2) is 21.2 Å². The van der Waals surface area contributed by atoms with E-state index >= 15 is 0 Å². The Morgan fingerprint density at radius 2 is 1.86 bits per heavy atom. The van der Waals surface area contributed by atoms with Gasteiger partial charge < -0.3 is 15.0 Å². The summed E-state index contributed by atoms with van der Waals surface area (Å²) in [7, 11) is 5.67. The van der Waals surface area contributed by atoms with Crippen LogP contribution in [0.25, 0.3) is 0 Å². The molecule has 0 aliphatic rings. The summed E-state index contributed by atoms with van der Waals surface area (Å²) >= 11 is 6.38. The molecule has 0 amide bonds. The number of halogens is 1. The number of anilines is 1. The van der Waals surface area contributed by atoms with Crippen LogP contribution in [0.5, 0.6) is 5.75 Å². The van der Waals surface area contributed by atoms with Crippen molar-refractivity contribution >= 4 is 17.3 Å². The summed E-state index contributed by atoms with van der Waals surface area (Å²) in [5.41, 5.74) is 3.49. The number of methoxy groups -OCH3 is 1.